The van der Waals surface area contributed by atoms with Crippen LogP contribution in [0.25, 0.3) is 0 Å². The Morgan fingerprint density at radius 1 is 0.730 bits per heavy atom. The van der Waals surface area contributed by atoms with Gasteiger partial charge < -0.3 is 23.7 Å². The molecule has 0 radical (unpaired) electrons. The molecule has 8 heteroatoms. The first-order chi connectivity index (χ1) is 18.0. The average molecular weight is 508 g/mol. The fourth-order valence-electron chi connectivity index (χ4n) is 3.82. The molecular weight excluding hydrogens is 474 g/mol. The molecule has 3 aromatic carbocycles. The Labute approximate surface area is 217 Å². The highest BCUT2D eigenvalue weighted by molar-refractivity contribution is 5.91. The molecule has 0 saturated carbocycles. The number of carbonyl (C=O) groups is 2. The smallest absolute Gasteiger partial charge is 0.338 e. The van der Waals surface area contributed by atoms with E-state index < -0.39 is 5.97 Å². The highest BCUT2D eigenvalue weighted by Gasteiger charge is 2.20. The maximum absolute atomic E-state index is 12.8. The number of rotatable bonds is 13. The first kappa shape index (κ1) is 27.5. The largest absolute Gasteiger partial charge is 0.497 e. The molecule has 0 bridgehead atoms. The molecule has 0 unspecified atom stereocenters. The van der Waals surface area contributed by atoms with E-state index in [2.05, 4.69) is 0 Å². The van der Waals surface area contributed by atoms with Crippen molar-refractivity contribution in [2.24, 2.45) is 0 Å². The van der Waals surface area contributed by atoms with Crippen LogP contribution in [-0.2, 0) is 27.4 Å². The first-order valence-corrected chi connectivity index (χ1v) is 12.1. The maximum atomic E-state index is 12.8. The fourth-order valence-corrected chi connectivity index (χ4v) is 3.82. The van der Waals surface area contributed by atoms with Crippen molar-refractivity contribution < 1.29 is 33.3 Å². The van der Waals surface area contributed by atoms with Crippen LogP contribution < -0.4 is 14.2 Å². The van der Waals surface area contributed by atoms with Gasteiger partial charge in [0.15, 0.2) is 0 Å². The van der Waals surface area contributed by atoms with E-state index in [1.165, 1.54) is 0 Å². The van der Waals surface area contributed by atoms with Gasteiger partial charge in [0, 0.05) is 24.7 Å². The molecule has 37 heavy (non-hydrogen) atoms. The molecule has 0 fully saturated rings. The zero-order valence-electron chi connectivity index (χ0n) is 21.7. The summed E-state index contributed by atoms with van der Waals surface area (Å²) in [6.07, 6.45) is 0. The lowest BCUT2D eigenvalue weighted by atomic mass is 10.1. The Kier molecular flexibility index (Phi) is 10.3. The van der Waals surface area contributed by atoms with Gasteiger partial charge >= 0.3 is 11.9 Å². The molecule has 3 rings (SSSR count). The van der Waals surface area contributed by atoms with Crippen molar-refractivity contribution in [1.29, 1.82) is 0 Å². The number of para-hydroxylation sites is 1. The SMILES string of the molecule is CCOC(=O)CN(Cc1ccc(OC)cc1OC)Cc1cc(Oc2ccccc2)ccc1C(=O)OCC. The second-order valence-electron chi connectivity index (χ2n) is 8.08. The van der Waals surface area contributed by atoms with Crippen LogP contribution in [0.15, 0.2) is 66.7 Å². The van der Waals surface area contributed by atoms with Crippen molar-refractivity contribution in [2.45, 2.75) is 26.9 Å². The summed E-state index contributed by atoms with van der Waals surface area (Å²) in [5, 5.41) is 0. The fraction of sp³-hybridized carbons (Fsp3) is 0.310. The van der Waals surface area contributed by atoms with E-state index in [-0.39, 0.29) is 32.3 Å². The van der Waals surface area contributed by atoms with E-state index in [0.717, 1.165) is 5.56 Å². The van der Waals surface area contributed by atoms with Crippen LogP contribution in [0, 0.1) is 0 Å². The molecule has 8 nitrogen and oxygen atoms in total. The molecule has 0 aliphatic heterocycles. The van der Waals surface area contributed by atoms with Crippen LogP contribution in [0.4, 0.5) is 0 Å². The molecule has 3 aromatic rings. The number of ether oxygens (including phenoxy) is 5. The molecule has 0 aromatic heterocycles. The summed E-state index contributed by atoms with van der Waals surface area (Å²) >= 11 is 0. The second-order valence-corrected chi connectivity index (χ2v) is 8.08. The molecule has 0 heterocycles. The van der Waals surface area contributed by atoms with Gasteiger partial charge in [-0.05, 0) is 55.8 Å². The standard InChI is InChI=1S/C29H33NO7/c1-5-35-28(31)20-30(18-21-12-13-24(33-3)17-27(21)34-4)19-22-16-25(37-23-10-8-7-9-11-23)14-15-26(22)29(32)36-6-2/h7-17H,5-6,18-20H2,1-4H3. The van der Waals surface area contributed by atoms with Crippen molar-refractivity contribution in [2.75, 3.05) is 34.0 Å². The minimum atomic E-state index is -0.443. The first-order valence-electron chi connectivity index (χ1n) is 12.1. The van der Waals surface area contributed by atoms with Gasteiger partial charge in [-0.15, -0.1) is 0 Å². The number of carbonyl (C=O) groups excluding carboxylic acids is 2. The van der Waals surface area contributed by atoms with E-state index in [0.29, 0.717) is 40.7 Å². The molecule has 0 saturated heterocycles. The van der Waals surface area contributed by atoms with E-state index in [9.17, 15) is 9.59 Å². The molecule has 0 N–H and O–H groups in total. The number of methoxy groups -OCH3 is 2. The predicted molar refractivity (Wildman–Crippen MR) is 139 cm³/mol. The Morgan fingerprint density at radius 2 is 1.43 bits per heavy atom. The van der Waals surface area contributed by atoms with Gasteiger partial charge in [-0.2, -0.15) is 0 Å². The van der Waals surface area contributed by atoms with E-state index in [1.54, 1.807) is 52.3 Å². The Balaban J connectivity index is 1.96. The minimum Gasteiger partial charge on any atom is -0.497 e. The summed E-state index contributed by atoms with van der Waals surface area (Å²) in [7, 11) is 3.17. The van der Waals surface area contributed by atoms with Gasteiger partial charge in [0.2, 0.25) is 0 Å². The van der Waals surface area contributed by atoms with Crippen LogP contribution in [0.3, 0.4) is 0 Å². The van der Waals surface area contributed by atoms with E-state index in [4.69, 9.17) is 23.7 Å². The topological polar surface area (TPSA) is 83.5 Å². The number of hydrogen-bond acceptors (Lipinski definition) is 8. The molecular formula is C29H33NO7. The van der Waals surface area contributed by atoms with Gasteiger partial charge in [-0.3, -0.25) is 9.69 Å². The third-order valence-electron chi connectivity index (χ3n) is 5.49. The lowest BCUT2D eigenvalue weighted by molar-refractivity contribution is -0.144. The van der Waals surface area contributed by atoms with Gasteiger partial charge in [0.1, 0.15) is 23.0 Å². The minimum absolute atomic E-state index is 0.00899. The van der Waals surface area contributed by atoms with Crippen molar-refractivity contribution in [3.63, 3.8) is 0 Å². The summed E-state index contributed by atoms with van der Waals surface area (Å²) in [6.45, 7) is 4.66. The highest BCUT2D eigenvalue weighted by atomic mass is 16.5. The predicted octanol–water partition coefficient (Wildman–Crippen LogP) is 5.24. The average Bonchev–Trinajstić information content (AvgIpc) is 2.90. The summed E-state index contributed by atoms with van der Waals surface area (Å²) < 4.78 is 27.4. The number of hydrogen-bond donors (Lipinski definition) is 0. The van der Waals surface area contributed by atoms with E-state index in [1.807, 2.05) is 47.4 Å². The zero-order chi connectivity index (χ0) is 26.6. The normalized spacial score (nSPS) is 10.6. The summed E-state index contributed by atoms with van der Waals surface area (Å²) in [5.41, 5.74) is 1.91. The van der Waals surface area contributed by atoms with Crippen LogP contribution in [-0.4, -0.2) is 50.8 Å². The molecule has 0 aliphatic rings. The maximum Gasteiger partial charge on any atom is 0.338 e. The van der Waals surface area contributed by atoms with Crippen molar-refractivity contribution >= 4 is 11.9 Å². The van der Waals surface area contributed by atoms with Gasteiger partial charge in [0.05, 0.1) is 39.5 Å². The van der Waals surface area contributed by atoms with Crippen molar-refractivity contribution in [3.8, 4) is 23.0 Å². The molecule has 196 valence electrons. The van der Waals surface area contributed by atoms with Crippen molar-refractivity contribution in [1.82, 2.24) is 4.90 Å². The third-order valence-corrected chi connectivity index (χ3v) is 5.49. The number of benzene rings is 3. The summed E-state index contributed by atoms with van der Waals surface area (Å²) in [4.78, 5) is 27.1. The Bertz CT molecular complexity index is 1180. The van der Waals surface area contributed by atoms with Gasteiger partial charge in [0.25, 0.3) is 0 Å². The molecule has 0 amide bonds. The molecule has 0 atom stereocenters. The second kappa shape index (κ2) is 13.9. The van der Waals surface area contributed by atoms with Crippen LogP contribution in [0.5, 0.6) is 23.0 Å². The number of nitrogens with zero attached hydrogens (tertiary/aromatic N) is 1. The monoisotopic (exact) mass is 507 g/mol. The quantitative estimate of drug-likeness (QED) is 0.291. The Morgan fingerprint density at radius 3 is 2.11 bits per heavy atom. The third kappa shape index (κ3) is 7.98. The van der Waals surface area contributed by atoms with Crippen LogP contribution >= 0.6 is 0 Å². The van der Waals surface area contributed by atoms with Gasteiger partial charge in [-0.25, -0.2) is 4.79 Å². The number of esters is 2. The van der Waals surface area contributed by atoms with Crippen LogP contribution in [0.1, 0.15) is 35.3 Å². The summed E-state index contributed by atoms with van der Waals surface area (Å²) in [5.74, 6) is 1.70. The molecule has 0 spiro atoms. The van der Waals surface area contributed by atoms with Crippen LogP contribution in [0.2, 0.25) is 0 Å². The lowest BCUT2D eigenvalue weighted by Crippen LogP contribution is -2.31. The highest BCUT2D eigenvalue weighted by Crippen LogP contribution is 2.28. The van der Waals surface area contributed by atoms with Gasteiger partial charge in [-0.1, -0.05) is 24.3 Å². The van der Waals surface area contributed by atoms with Crippen molar-refractivity contribution in [3.05, 3.63) is 83.4 Å². The summed E-state index contributed by atoms with van der Waals surface area (Å²) in [6, 6.07) is 20.1. The zero-order valence-corrected chi connectivity index (χ0v) is 21.7. The van der Waals surface area contributed by atoms with E-state index >= 15 is 0 Å². The molecule has 0 aliphatic carbocycles. The Hall–Kier alpha value is -4.04. The lowest BCUT2D eigenvalue weighted by Gasteiger charge is -2.24.